The predicted molar refractivity (Wildman–Crippen MR) is 56.2 cm³/mol. The zero-order valence-electron chi connectivity index (χ0n) is 8.65. The molecule has 1 aromatic rings. The van der Waals surface area contributed by atoms with Crippen LogP contribution in [-0.2, 0) is 4.74 Å². The van der Waals surface area contributed by atoms with Gasteiger partial charge >= 0.3 is 5.69 Å². The molecule has 0 unspecified atom stereocenters. The van der Waals surface area contributed by atoms with Gasteiger partial charge in [-0.15, -0.1) is 0 Å². The lowest BCUT2D eigenvalue weighted by molar-refractivity contribution is -0.0368. The molecule has 0 saturated carbocycles. The van der Waals surface area contributed by atoms with Crippen LogP contribution in [-0.4, -0.2) is 37.6 Å². The first-order valence-electron chi connectivity index (χ1n) is 4.77. The number of nitrogens with two attached hydrogens (primary N) is 1. The van der Waals surface area contributed by atoms with Crippen molar-refractivity contribution < 1.29 is 20.1 Å². The highest BCUT2D eigenvalue weighted by molar-refractivity contribution is 5.24. The maximum atomic E-state index is 11.5. The highest BCUT2D eigenvalue weighted by Gasteiger charge is 2.36. The normalized spacial score (nSPS) is 24.3. The van der Waals surface area contributed by atoms with Gasteiger partial charge in [0.25, 0.3) is 0 Å². The zero-order valence-corrected chi connectivity index (χ0v) is 8.65. The molecule has 0 saturated heterocycles. The largest absolute Gasteiger partial charge is 0.506 e. The van der Waals surface area contributed by atoms with Crippen LogP contribution in [0.1, 0.15) is 6.23 Å². The van der Waals surface area contributed by atoms with Crippen LogP contribution in [0.15, 0.2) is 28.6 Å². The number of aromatic nitrogens is 2. The van der Waals surface area contributed by atoms with Gasteiger partial charge in [0.2, 0.25) is 0 Å². The summed E-state index contributed by atoms with van der Waals surface area (Å²) in [4.78, 5) is 14.9. The third kappa shape index (κ3) is 1.83. The van der Waals surface area contributed by atoms with E-state index in [0.29, 0.717) is 0 Å². The van der Waals surface area contributed by atoms with E-state index in [4.69, 9.17) is 15.6 Å². The Kier molecular flexibility index (Phi) is 2.74. The molecule has 0 fully saturated rings. The topological polar surface area (TPSA) is 131 Å². The third-order valence-corrected chi connectivity index (χ3v) is 2.36. The molecular weight excluding hydrogens is 230 g/mol. The second-order valence-electron chi connectivity index (χ2n) is 3.47. The molecule has 8 heteroatoms. The molecule has 2 rings (SSSR count). The first kappa shape index (κ1) is 11.4. The summed E-state index contributed by atoms with van der Waals surface area (Å²) in [5.41, 5.74) is 4.58. The third-order valence-electron chi connectivity index (χ3n) is 2.36. The minimum Gasteiger partial charge on any atom is -0.506 e. The van der Waals surface area contributed by atoms with E-state index in [1.54, 1.807) is 0 Å². The molecule has 0 bridgehead atoms. The SMILES string of the molecule is Nc1ccn([C@@H]2O[C@H](CO)C(O)=C2O)c(=O)n1. The first-order valence-corrected chi connectivity index (χ1v) is 4.77. The van der Waals surface area contributed by atoms with Gasteiger partial charge in [0, 0.05) is 6.20 Å². The summed E-state index contributed by atoms with van der Waals surface area (Å²) in [5, 5.41) is 27.9. The molecule has 17 heavy (non-hydrogen) atoms. The van der Waals surface area contributed by atoms with Gasteiger partial charge in [-0.05, 0) is 6.07 Å². The fourth-order valence-corrected chi connectivity index (χ4v) is 1.51. The van der Waals surface area contributed by atoms with E-state index in [-0.39, 0.29) is 5.82 Å². The zero-order chi connectivity index (χ0) is 12.6. The quantitative estimate of drug-likeness (QED) is 0.524. The second kappa shape index (κ2) is 4.07. The summed E-state index contributed by atoms with van der Waals surface area (Å²) >= 11 is 0. The first-order chi connectivity index (χ1) is 8.04. The van der Waals surface area contributed by atoms with Crippen molar-refractivity contribution in [2.45, 2.75) is 12.3 Å². The number of ether oxygens (including phenoxy) is 1. The molecule has 5 N–H and O–H groups in total. The van der Waals surface area contributed by atoms with E-state index >= 15 is 0 Å². The summed E-state index contributed by atoms with van der Waals surface area (Å²) in [6.07, 6.45) is -0.976. The molecule has 0 aromatic carbocycles. The Hall–Kier alpha value is -2.06. The summed E-state index contributed by atoms with van der Waals surface area (Å²) in [6, 6.07) is 1.35. The number of hydrogen-bond acceptors (Lipinski definition) is 7. The Morgan fingerprint density at radius 1 is 1.47 bits per heavy atom. The Balaban J connectivity index is 2.40. The molecule has 1 aromatic heterocycles. The van der Waals surface area contributed by atoms with Crippen molar-refractivity contribution in [3.63, 3.8) is 0 Å². The van der Waals surface area contributed by atoms with Crippen LogP contribution < -0.4 is 11.4 Å². The Bertz CT molecular complexity index is 524. The van der Waals surface area contributed by atoms with Crippen LogP contribution in [0.3, 0.4) is 0 Å². The summed E-state index contributed by atoms with van der Waals surface area (Å²) in [5.74, 6) is -0.991. The van der Waals surface area contributed by atoms with Gasteiger partial charge in [-0.25, -0.2) is 4.79 Å². The van der Waals surface area contributed by atoms with Gasteiger partial charge in [-0.1, -0.05) is 0 Å². The van der Waals surface area contributed by atoms with Crippen LogP contribution in [0.25, 0.3) is 0 Å². The van der Waals surface area contributed by atoms with Crippen LogP contribution in [0.2, 0.25) is 0 Å². The number of aliphatic hydroxyl groups is 3. The van der Waals surface area contributed by atoms with Crippen LogP contribution >= 0.6 is 0 Å². The molecule has 0 radical (unpaired) electrons. The number of nitrogen functional groups attached to an aromatic ring is 1. The predicted octanol–water partition coefficient (Wildman–Crippen LogP) is -0.957. The van der Waals surface area contributed by atoms with Crippen molar-refractivity contribution in [2.24, 2.45) is 0 Å². The van der Waals surface area contributed by atoms with Crippen molar-refractivity contribution >= 4 is 5.82 Å². The van der Waals surface area contributed by atoms with E-state index < -0.39 is 36.1 Å². The van der Waals surface area contributed by atoms with Crippen molar-refractivity contribution in [1.29, 1.82) is 0 Å². The maximum absolute atomic E-state index is 11.5. The fourth-order valence-electron chi connectivity index (χ4n) is 1.51. The Labute approximate surface area is 95.2 Å². The van der Waals surface area contributed by atoms with Gasteiger partial charge < -0.3 is 25.8 Å². The standard InChI is InChI=1S/C9H11N3O5/c10-5-1-2-12(9(16)11-5)8-7(15)6(14)4(3-13)17-8/h1-2,4,8,13-15H,3H2,(H2,10,11,16)/t4-,8-/m1/s1. The molecule has 8 nitrogen and oxygen atoms in total. The Morgan fingerprint density at radius 2 is 2.18 bits per heavy atom. The van der Waals surface area contributed by atoms with Gasteiger partial charge in [0.15, 0.2) is 17.7 Å². The molecule has 0 spiro atoms. The average molecular weight is 241 g/mol. The molecule has 1 aliphatic heterocycles. The van der Waals surface area contributed by atoms with E-state index in [0.717, 1.165) is 4.57 Å². The molecular formula is C9H11N3O5. The lowest BCUT2D eigenvalue weighted by Gasteiger charge is -2.14. The lowest BCUT2D eigenvalue weighted by Crippen LogP contribution is -2.29. The summed E-state index contributed by atoms with van der Waals surface area (Å²) in [7, 11) is 0. The average Bonchev–Trinajstić information content (AvgIpc) is 2.57. The molecule has 2 heterocycles. The molecule has 1 aliphatic rings. The lowest BCUT2D eigenvalue weighted by atomic mass is 10.3. The molecule has 0 aliphatic carbocycles. The van der Waals surface area contributed by atoms with Gasteiger partial charge in [-0.3, -0.25) is 4.57 Å². The van der Waals surface area contributed by atoms with Crippen LogP contribution in [0.5, 0.6) is 0 Å². The van der Waals surface area contributed by atoms with Crippen LogP contribution in [0.4, 0.5) is 5.82 Å². The number of anilines is 1. The summed E-state index contributed by atoms with van der Waals surface area (Å²) in [6.45, 7) is -0.510. The minimum absolute atomic E-state index is 0.0376. The maximum Gasteiger partial charge on any atom is 0.351 e. The van der Waals surface area contributed by atoms with Crippen molar-refractivity contribution in [3.8, 4) is 0 Å². The molecule has 92 valence electrons. The van der Waals surface area contributed by atoms with E-state index in [2.05, 4.69) is 4.98 Å². The van der Waals surface area contributed by atoms with Crippen molar-refractivity contribution in [3.05, 3.63) is 34.3 Å². The monoisotopic (exact) mass is 241 g/mol. The van der Waals surface area contributed by atoms with E-state index in [1.165, 1.54) is 12.3 Å². The second-order valence-corrected chi connectivity index (χ2v) is 3.47. The van der Waals surface area contributed by atoms with Crippen molar-refractivity contribution in [1.82, 2.24) is 9.55 Å². The van der Waals surface area contributed by atoms with E-state index in [1.807, 2.05) is 0 Å². The highest BCUT2D eigenvalue weighted by atomic mass is 16.6. The number of nitrogens with zero attached hydrogens (tertiary/aromatic N) is 2. The Morgan fingerprint density at radius 3 is 2.71 bits per heavy atom. The minimum atomic E-state index is -1.20. The molecule has 0 amide bonds. The smallest absolute Gasteiger partial charge is 0.351 e. The number of hydrogen-bond donors (Lipinski definition) is 4. The number of rotatable bonds is 2. The van der Waals surface area contributed by atoms with Crippen LogP contribution in [0, 0.1) is 0 Å². The fraction of sp³-hybridized carbons (Fsp3) is 0.333. The van der Waals surface area contributed by atoms with Gasteiger partial charge in [0.05, 0.1) is 6.61 Å². The van der Waals surface area contributed by atoms with E-state index in [9.17, 15) is 15.0 Å². The van der Waals surface area contributed by atoms with Crippen molar-refractivity contribution in [2.75, 3.05) is 12.3 Å². The van der Waals surface area contributed by atoms with Gasteiger partial charge in [0.1, 0.15) is 11.9 Å². The van der Waals surface area contributed by atoms with Gasteiger partial charge in [-0.2, -0.15) is 4.98 Å². The number of aliphatic hydroxyl groups excluding tert-OH is 3. The summed E-state index contributed by atoms with van der Waals surface area (Å²) < 4.78 is 6.06. The highest BCUT2D eigenvalue weighted by Crippen LogP contribution is 2.30. The molecule has 2 atom stereocenters.